The molecular weight excluding hydrogens is 340 g/mol. The van der Waals surface area contributed by atoms with Crippen LogP contribution in [-0.4, -0.2) is 21.4 Å². The number of carbonyl (C=O) groups is 1. The molecule has 1 N–H and O–H groups in total. The molecule has 25 heavy (non-hydrogen) atoms. The monoisotopic (exact) mass is 354 g/mol. The van der Waals surface area contributed by atoms with Crippen molar-refractivity contribution in [2.75, 3.05) is 0 Å². The van der Waals surface area contributed by atoms with Gasteiger partial charge in [-0.3, -0.25) is 9.59 Å². The van der Waals surface area contributed by atoms with Crippen molar-refractivity contribution in [1.82, 2.24) is 15.2 Å². The Morgan fingerprint density at radius 2 is 1.88 bits per heavy atom. The molecule has 0 aliphatic carbocycles. The minimum absolute atomic E-state index is 0.139. The van der Waals surface area contributed by atoms with E-state index in [1.54, 1.807) is 49.4 Å². The predicted octanol–water partition coefficient (Wildman–Crippen LogP) is 2.74. The van der Waals surface area contributed by atoms with Crippen LogP contribution in [0.15, 0.2) is 58.4 Å². The first-order valence-electron chi connectivity index (χ1n) is 7.54. The number of hydrazone groups is 1. The molecule has 0 fully saturated rings. The van der Waals surface area contributed by atoms with Gasteiger partial charge in [-0.25, -0.2) is 10.1 Å². The minimum atomic E-state index is -0.492. The highest BCUT2D eigenvalue weighted by molar-refractivity contribution is 6.31. The molecule has 6 nitrogen and oxygen atoms in total. The number of hydrogen-bond donors (Lipinski definition) is 1. The fourth-order valence-corrected chi connectivity index (χ4v) is 2.62. The first-order valence-corrected chi connectivity index (χ1v) is 7.92. The summed E-state index contributed by atoms with van der Waals surface area (Å²) in [6, 6.07) is 14.0. The van der Waals surface area contributed by atoms with Crippen molar-refractivity contribution in [2.24, 2.45) is 12.1 Å². The van der Waals surface area contributed by atoms with Crippen LogP contribution in [0, 0.1) is 0 Å². The van der Waals surface area contributed by atoms with Crippen molar-refractivity contribution in [3.63, 3.8) is 0 Å². The van der Waals surface area contributed by atoms with E-state index in [0.717, 1.165) is 10.2 Å². The number of amides is 1. The van der Waals surface area contributed by atoms with Crippen LogP contribution >= 0.6 is 11.6 Å². The Morgan fingerprint density at radius 1 is 1.16 bits per heavy atom. The zero-order chi connectivity index (χ0) is 18.0. The molecule has 0 saturated carbocycles. The Bertz CT molecular complexity index is 1060. The number of carbonyl (C=O) groups excluding carboxylic acids is 1. The van der Waals surface area contributed by atoms with Crippen LogP contribution in [0.2, 0.25) is 5.02 Å². The van der Waals surface area contributed by atoms with Gasteiger partial charge in [0, 0.05) is 17.5 Å². The van der Waals surface area contributed by atoms with Crippen molar-refractivity contribution in [2.45, 2.75) is 6.92 Å². The van der Waals surface area contributed by atoms with Crippen LogP contribution in [0.5, 0.6) is 0 Å². The summed E-state index contributed by atoms with van der Waals surface area (Å²) in [4.78, 5) is 24.6. The maximum Gasteiger partial charge on any atom is 0.292 e. The predicted molar refractivity (Wildman–Crippen MR) is 98.1 cm³/mol. The molecule has 0 spiro atoms. The number of hydrogen-bond acceptors (Lipinski definition) is 4. The van der Waals surface area contributed by atoms with E-state index in [0.29, 0.717) is 21.5 Å². The molecule has 2 aromatic carbocycles. The minimum Gasteiger partial charge on any atom is -0.267 e. The van der Waals surface area contributed by atoms with Gasteiger partial charge in [0.15, 0.2) is 5.69 Å². The van der Waals surface area contributed by atoms with Crippen LogP contribution in [0.25, 0.3) is 10.8 Å². The third-order valence-corrected chi connectivity index (χ3v) is 3.97. The molecular formula is C18H15ClN4O2. The molecule has 1 aromatic heterocycles. The van der Waals surface area contributed by atoms with Crippen molar-refractivity contribution >= 4 is 34.0 Å². The van der Waals surface area contributed by atoms with Gasteiger partial charge in [-0.1, -0.05) is 41.9 Å². The summed E-state index contributed by atoms with van der Waals surface area (Å²) in [6.07, 6.45) is 0. The summed E-state index contributed by atoms with van der Waals surface area (Å²) in [5.74, 6) is -0.492. The molecule has 3 rings (SSSR count). The van der Waals surface area contributed by atoms with E-state index < -0.39 is 5.91 Å². The topological polar surface area (TPSA) is 76.3 Å². The number of fused-ring (bicyclic) bond motifs is 1. The molecule has 0 unspecified atom stereocenters. The highest BCUT2D eigenvalue weighted by Crippen LogP contribution is 2.13. The number of rotatable bonds is 3. The van der Waals surface area contributed by atoms with Gasteiger partial charge in [0.1, 0.15) is 0 Å². The standard InChI is InChI=1S/C18H15ClN4O2/c1-11(12-6-5-7-13(19)10-12)20-21-17(24)16-14-8-3-4-9-15(14)18(25)23(2)22-16/h3-10H,1-2H3,(H,21,24)/b20-11-. The Morgan fingerprint density at radius 3 is 2.60 bits per heavy atom. The van der Waals surface area contributed by atoms with E-state index in [2.05, 4.69) is 15.6 Å². The number of halogens is 1. The smallest absolute Gasteiger partial charge is 0.267 e. The van der Waals surface area contributed by atoms with Crippen molar-refractivity contribution in [3.05, 3.63) is 75.2 Å². The lowest BCUT2D eigenvalue weighted by Crippen LogP contribution is -2.27. The molecule has 0 saturated heterocycles. The zero-order valence-electron chi connectivity index (χ0n) is 13.7. The van der Waals surface area contributed by atoms with Gasteiger partial charge < -0.3 is 0 Å². The highest BCUT2D eigenvalue weighted by atomic mass is 35.5. The summed E-state index contributed by atoms with van der Waals surface area (Å²) in [6.45, 7) is 1.76. The van der Waals surface area contributed by atoms with Crippen LogP contribution < -0.4 is 11.0 Å². The Balaban J connectivity index is 1.94. The van der Waals surface area contributed by atoms with E-state index >= 15 is 0 Å². The van der Waals surface area contributed by atoms with Crippen LogP contribution in [-0.2, 0) is 7.05 Å². The summed E-state index contributed by atoms with van der Waals surface area (Å²) >= 11 is 5.96. The van der Waals surface area contributed by atoms with Crippen LogP contribution in [0.4, 0.5) is 0 Å². The van der Waals surface area contributed by atoms with E-state index in [4.69, 9.17) is 11.6 Å². The quantitative estimate of drug-likeness (QED) is 0.580. The maximum absolute atomic E-state index is 12.5. The third-order valence-electron chi connectivity index (χ3n) is 3.74. The Kier molecular flexibility index (Phi) is 4.63. The molecule has 0 aliphatic heterocycles. The fourth-order valence-electron chi connectivity index (χ4n) is 2.43. The van der Waals surface area contributed by atoms with Crippen molar-refractivity contribution in [3.8, 4) is 0 Å². The van der Waals surface area contributed by atoms with Crippen molar-refractivity contribution < 1.29 is 4.79 Å². The van der Waals surface area contributed by atoms with E-state index in [9.17, 15) is 9.59 Å². The molecule has 0 aliphatic rings. The zero-order valence-corrected chi connectivity index (χ0v) is 14.4. The van der Waals surface area contributed by atoms with E-state index in [1.807, 2.05) is 6.07 Å². The van der Waals surface area contributed by atoms with E-state index in [1.165, 1.54) is 7.05 Å². The summed E-state index contributed by atoms with van der Waals surface area (Å²) in [5, 5.41) is 9.67. The molecule has 126 valence electrons. The van der Waals surface area contributed by atoms with Gasteiger partial charge in [0.2, 0.25) is 0 Å². The van der Waals surface area contributed by atoms with Gasteiger partial charge in [-0.2, -0.15) is 10.2 Å². The second-order valence-corrected chi connectivity index (χ2v) is 5.91. The first-order chi connectivity index (χ1) is 12.0. The molecule has 7 heteroatoms. The molecule has 1 amide bonds. The summed E-state index contributed by atoms with van der Waals surface area (Å²) in [5.41, 5.74) is 3.76. The molecule has 0 radical (unpaired) electrons. The average Bonchev–Trinajstić information content (AvgIpc) is 2.62. The normalized spacial score (nSPS) is 11.6. The number of nitrogens with zero attached hydrogens (tertiary/aromatic N) is 3. The lowest BCUT2D eigenvalue weighted by Gasteiger charge is -2.07. The number of nitrogens with one attached hydrogen (secondary N) is 1. The molecule has 0 bridgehead atoms. The lowest BCUT2D eigenvalue weighted by molar-refractivity contribution is 0.0949. The average molecular weight is 355 g/mol. The van der Waals surface area contributed by atoms with E-state index in [-0.39, 0.29) is 11.3 Å². The van der Waals surface area contributed by atoms with Gasteiger partial charge >= 0.3 is 0 Å². The molecule has 3 aromatic rings. The molecule has 0 atom stereocenters. The first kappa shape index (κ1) is 16.9. The third kappa shape index (κ3) is 3.44. The SMILES string of the molecule is C/C(=N/NC(=O)c1nn(C)c(=O)c2ccccc12)c1cccc(Cl)c1. The Labute approximate surface area is 148 Å². The summed E-state index contributed by atoms with van der Waals surface area (Å²) in [7, 11) is 1.51. The van der Waals surface area contributed by atoms with Gasteiger partial charge in [-0.15, -0.1) is 0 Å². The highest BCUT2D eigenvalue weighted by Gasteiger charge is 2.15. The lowest BCUT2D eigenvalue weighted by atomic mass is 10.1. The number of aromatic nitrogens is 2. The fraction of sp³-hybridized carbons (Fsp3) is 0.111. The van der Waals surface area contributed by atoms with Gasteiger partial charge in [-0.05, 0) is 30.7 Å². The number of aryl methyl sites for hydroxylation is 1. The Hall–Kier alpha value is -2.99. The molecule has 1 heterocycles. The maximum atomic E-state index is 12.5. The second-order valence-electron chi connectivity index (χ2n) is 5.47. The van der Waals surface area contributed by atoms with Crippen LogP contribution in [0.3, 0.4) is 0 Å². The van der Waals surface area contributed by atoms with Gasteiger partial charge in [0.05, 0.1) is 11.1 Å². The largest absolute Gasteiger partial charge is 0.292 e. The van der Waals surface area contributed by atoms with Gasteiger partial charge in [0.25, 0.3) is 11.5 Å². The second kappa shape index (κ2) is 6.86. The van der Waals surface area contributed by atoms with Crippen molar-refractivity contribution in [1.29, 1.82) is 0 Å². The van der Waals surface area contributed by atoms with Crippen LogP contribution in [0.1, 0.15) is 23.0 Å². The number of benzene rings is 2. The summed E-state index contributed by atoms with van der Waals surface area (Å²) < 4.78 is 1.14.